The van der Waals surface area contributed by atoms with E-state index in [1.54, 1.807) is 0 Å². The summed E-state index contributed by atoms with van der Waals surface area (Å²) in [4.78, 5) is 101. The molecule has 51 heteroatoms. The first-order valence-corrected chi connectivity index (χ1v) is 41.2. The van der Waals surface area contributed by atoms with E-state index in [1.165, 1.54) is 0 Å². The van der Waals surface area contributed by atoms with Crippen LogP contribution in [0.3, 0.4) is 0 Å². The van der Waals surface area contributed by atoms with Crippen molar-refractivity contribution >= 4 is 132 Å². The van der Waals surface area contributed by atoms with Crippen LogP contribution in [-0.2, 0) is 51.2 Å². The van der Waals surface area contributed by atoms with Crippen LogP contribution >= 0.6 is 0 Å². The first kappa shape index (κ1) is 94.5. The number of aromatic nitrogens is 24. The average molecular weight is 2140 g/mol. The molecule has 15 heterocycles. The smallest absolute Gasteiger partial charge is 0.357 e. The maximum atomic E-state index is 15.3. The zero-order valence-corrected chi connectivity index (χ0v) is 74.0. The molecule has 0 atom stereocenters. The summed E-state index contributed by atoms with van der Waals surface area (Å²) in [5.74, 6) is -33.2. The Morgan fingerprint density at radius 3 is 0.395 bits per heavy atom. The molecule has 27 rings (SSSR count). The molecule has 0 spiro atoms. The van der Waals surface area contributed by atoms with Crippen LogP contribution in [0.15, 0.2) is 146 Å². The predicted octanol–water partition coefficient (Wildman–Crippen LogP) is 21.7. The third-order valence-electron chi connectivity index (χ3n) is 23.6. The van der Waals surface area contributed by atoms with E-state index in [9.17, 15) is 52.7 Å². The van der Waals surface area contributed by atoms with Gasteiger partial charge in [-0.25, -0.2) is 135 Å². The fourth-order valence-corrected chi connectivity index (χ4v) is 17.2. The molecule has 6 aliphatic heterocycles. The molecule has 0 saturated carbocycles. The van der Waals surface area contributed by atoms with Gasteiger partial charge in [0.2, 0.25) is 0 Å². The molecule has 0 fully saturated rings. The minimum absolute atomic E-state index is 0. The summed E-state index contributed by atoms with van der Waals surface area (Å²) in [6.45, 7) is 0. The molecule has 12 aromatic carbocycles. The minimum Gasteiger partial charge on any atom is -0.357 e. The van der Waals surface area contributed by atoms with E-state index in [0.717, 1.165) is 146 Å². The molecule has 6 aliphatic rings. The molecule has 0 aliphatic carbocycles. The summed E-state index contributed by atoms with van der Waals surface area (Å²) in [6, 6.07) is 18.6. The fourth-order valence-electron chi connectivity index (χ4n) is 17.2. The molecule has 720 valence electrons. The molecule has 0 unspecified atom stereocenters. The van der Waals surface area contributed by atoms with Crippen molar-refractivity contribution in [2.75, 3.05) is 0 Å². The number of hydrogen-bond acceptors (Lipinski definition) is 18. The van der Waals surface area contributed by atoms with Crippen LogP contribution in [0.1, 0.15) is 0 Å². The monoisotopic (exact) mass is 2140 g/mol. The molecule has 0 N–H and O–H groups in total. The second kappa shape index (κ2) is 34.4. The van der Waals surface area contributed by atoms with Gasteiger partial charge in [-0.1, -0.05) is 0 Å². The van der Waals surface area contributed by atoms with Gasteiger partial charge in [0.15, 0.2) is 69.8 Å². The maximum Gasteiger partial charge on any atom is 2.00 e. The minimum atomic E-state index is -1.31. The Kier molecular flexibility index (Phi) is 22.1. The van der Waals surface area contributed by atoms with E-state index in [0.29, 0.717) is 0 Å². The first-order valence-electron chi connectivity index (χ1n) is 41.2. The molecule has 21 aromatic rings. The Balaban J connectivity index is 0.000000124. The van der Waals surface area contributed by atoms with Crippen LogP contribution in [0, 0.1) is 140 Å². The molecular formula is C96H24F24Fe3N24. The first-order chi connectivity index (χ1) is 69.1. The van der Waals surface area contributed by atoms with E-state index in [-0.39, 0.29) is 185 Å². The SMILES string of the molecule is Fc1cc2c(cc1F)-c1nc-2nc2[n-]c(nc3nc(nc4[n-]c(n1)c1cc(F)c(F)cc41)-c1cc(F)c(F)cc1-3)c1cc(F)c(F)cc21.Fc1cc2c3nc4nc(nc5[n-]c(nc6nc(nc([n-]3)c2cc1F)-c1c(F)ccc(F)c1-6)c1cc(F)c(F)cc51)-c1c(F)ccc(F)c1-4.Fc1ccc(F)c2c1-c1nc-2nc2[n-]c(nc3nc(nc4[n-]c(n1)c1c(F)ccc(F)c41)-c1c(F)ccc(F)c1-3)c1c(F)ccc(F)c21.[Fe+2].[Fe+2].[Fe+2]. The van der Waals surface area contributed by atoms with Crippen molar-refractivity contribution in [3.8, 4) is 137 Å². The molecule has 147 heavy (non-hydrogen) atoms. The van der Waals surface area contributed by atoms with Crippen molar-refractivity contribution in [2.24, 2.45) is 0 Å². The van der Waals surface area contributed by atoms with Crippen LogP contribution in [0.25, 0.3) is 269 Å². The molecule has 0 amide bonds. The molecule has 24 bridgehead atoms. The van der Waals surface area contributed by atoms with E-state index < -0.39 is 275 Å². The summed E-state index contributed by atoms with van der Waals surface area (Å²) >= 11 is 0. The van der Waals surface area contributed by atoms with Gasteiger partial charge in [-0.05, 0) is 189 Å². The molecule has 0 saturated heterocycles. The Hall–Kier alpha value is -17.4. The largest absolute Gasteiger partial charge is 2.00 e. The predicted molar refractivity (Wildman–Crippen MR) is 461 cm³/mol. The molecular weight excluding hydrogens is 2110 g/mol. The van der Waals surface area contributed by atoms with Gasteiger partial charge in [-0.15, -0.1) is 0 Å². The van der Waals surface area contributed by atoms with E-state index in [4.69, 9.17) is 0 Å². The summed E-state index contributed by atoms with van der Waals surface area (Å²) in [5, 5.41) is -3.11. The summed E-state index contributed by atoms with van der Waals surface area (Å²) < 4.78 is 358. The van der Waals surface area contributed by atoms with Gasteiger partial charge in [0.25, 0.3) is 0 Å². The molecule has 9 aromatic heterocycles. The summed E-state index contributed by atoms with van der Waals surface area (Å²) in [5.41, 5.74) is -9.41. The number of fused-ring (bicyclic) bond motifs is 60. The van der Waals surface area contributed by atoms with E-state index in [1.807, 2.05) is 0 Å². The van der Waals surface area contributed by atoms with Gasteiger partial charge >= 0.3 is 51.2 Å². The Morgan fingerprint density at radius 1 is 0.122 bits per heavy atom. The van der Waals surface area contributed by atoms with Crippen LogP contribution in [0.5, 0.6) is 0 Å². The zero-order valence-electron chi connectivity index (χ0n) is 70.7. The summed E-state index contributed by atoms with van der Waals surface area (Å²) in [7, 11) is 0. The molecule has 0 radical (unpaired) electrons. The third-order valence-corrected chi connectivity index (χ3v) is 23.6. The van der Waals surface area contributed by atoms with Crippen molar-refractivity contribution in [3.63, 3.8) is 0 Å². The molecule has 24 nitrogen and oxygen atoms in total. The van der Waals surface area contributed by atoms with Gasteiger partial charge < -0.3 is 89.7 Å². The number of hydrogen-bond donors (Lipinski definition) is 0. The Morgan fingerprint density at radius 2 is 0.238 bits per heavy atom. The van der Waals surface area contributed by atoms with Gasteiger partial charge in [-0.2, -0.15) is 0 Å². The second-order valence-corrected chi connectivity index (χ2v) is 32.0. The summed E-state index contributed by atoms with van der Waals surface area (Å²) in [6.07, 6.45) is 0. The standard InChI is InChI=1S/3C32H8F8N8.3Fe/c33-17-1-9-10(2-18(17)34)26-41-25(9)45-27-11-3-19(35)20(36)4-12(11)29(42-27)47-31-15-7-23(39)24(40)8-16(15)32(44-31)48-30-14-6-22(38)21(37)5-13(14)28(43-30)46-26;33-13-1-2-14(34)22-21(13)29-43-25-9-5-17(37)18(38)6-10(9)27(41-25)45-31-23-15(35)3-4-16(36)24(23)32(48-31)46-28-12-8-20(40)19(39)7-11(12)26(42-28)44-30(22)47-29;33-9-1-2-10(34)18-17(9)25-41-26(18)46-28-21-13(37)5-6-14(38)22(21)30(43-28)48-32-24-16(40)8-7-15(39)23(24)31(44-32)47-29-20-12(36)4-3-11(35)19(20)27(42-29)45-25;;;/h3*1-8H;;;/q3*-2;3*+2. The fraction of sp³-hybridized carbons (Fsp3) is 0. The quantitative estimate of drug-likeness (QED) is 0.101. The van der Waals surface area contributed by atoms with E-state index in [2.05, 4.69) is 120 Å². The topological polar surface area (TPSA) is 317 Å². The van der Waals surface area contributed by atoms with Crippen molar-refractivity contribution in [3.05, 3.63) is 285 Å². The van der Waals surface area contributed by atoms with Crippen LogP contribution in [0.2, 0.25) is 0 Å². The number of halogens is 24. The van der Waals surface area contributed by atoms with Gasteiger partial charge in [0.1, 0.15) is 69.8 Å². The number of benzene rings is 12. The second-order valence-electron chi connectivity index (χ2n) is 32.0. The average Bonchev–Trinajstić information content (AvgIpc) is 1.64. The third kappa shape index (κ3) is 14.8. The normalized spacial score (nSPS) is 11.9. The van der Waals surface area contributed by atoms with Gasteiger partial charge in [-0.3, -0.25) is 0 Å². The van der Waals surface area contributed by atoms with Crippen molar-refractivity contribution in [1.29, 1.82) is 0 Å². The van der Waals surface area contributed by atoms with Crippen molar-refractivity contribution < 1.29 is 157 Å². The van der Waals surface area contributed by atoms with Gasteiger partial charge in [0, 0.05) is 112 Å². The Labute approximate surface area is 825 Å². The van der Waals surface area contributed by atoms with Crippen LogP contribution in [-0.4, -0.2) is 89.7 Å². The van der Waals surface area contributed by atoms with Crippen molar-refractivity contribution in [1.82, 2.24) is 120 Å². The number of rotatable bonds is 0. The maximum absolute atomic E-state index is 15.3. The van der Waals surface area contributed by atoms with E-state index >= 15 is 52.7 Å². The van der Waals surface area contributed by atoms with Crippen LogP contribution < -0.4 is 29.9 Å². The zero-order chi connectivity index (χ0) is 99.5. The Bertz CT molecular complexity index is 9110. The van der Waals surface area contributed by atoms with Crippen molar-refractivity contribution in [2.45, 2.75) is 0 Å². The van der Waals surface area contributed by atoms with Gasteiger partial charge in [0.05, 0.1) is 114 Å². The number of nitrogens with zero attached hydrogens (tertiary/aromatic N) is 24. The van der Waals surface area contributed by atoms with Crippen LogP contribution in [0.4, 0.5) is 105 Å².